The van der Waals surface area contributed by atoms with Crippen LogP contribution in [0.3, 0.4) is 0 Å². The number of likely N-dealkylation sites (tertiary alicyclic amines) is 1. The Morgan fingerprint density at radius 1 is 1.23 bits per heavy atom. The molecular weight excluding hydrogens is 268 g/mol. The molecule has 0 saturated carbocycles. The van der Waals surface area contributed by atoms with Crippen LogP contribution in [0.4, 0.5) is 0 Å². The molecule has 1 fully saturated rings. The predicted octanol–water partition coefficient (Wildman–Crippen LogP) is 4.37. The molecule has 1 heterocycles. The van der Waals surface area contributed by atoms with Crippen LogP contribution in [0.25, 0.3) is 0 Å². The molecule has 2 heteroatoms. The Labute approximate surface area is 136 Å². The Balaban J connectivity index is 2.11. The molecule has 0 atom stereocenters. The highest BCUT2D eigenvalue weighted by Crippen LogP contribution is 2.29. The summed E-state index contributed by atoms with van der Waals surface area (Å²) in [7, 11) is 4.12. The molecule has 120 valence electrons. The summed E-state index contributed by atoms with van der Waals surface area (Å²) in [6.45, 7) is 4.76. The van der Waals surface area contributed by atoms with Gasteiger partial charge in [-0.15, -0.1) is 0 Å². The maximum atomic E-state index is 4.33. The van der Waals surface area contributed by atoms with Crippen molar-refractivity contribution in [3.63, 3.8) is 0 Å². The van der Waals surface area contributed by atoms with Gasteiger partial charge in [0.25, 0.3) is 0 Å². The maximum absolute atomic E-state index is 4.33. The fraction of sp³-hybridized carbons (Fsp3) is 0.550. The number of piperidine rings is 1. The molecule has 2 rings (SSSR count). The molecule has 0 amide bonds. The monoisotopic (exact) mass is 298 g/mol. The lowest BCUT2D eigenvalue weighted by Crippen LogP contribution is -2.31. The zero-order valence-electron chi connectivity index (χ0n) is 14.4. The molecule has 0 bridgehead atoms. The van der Waals surface area contributed by atoms with Crippen LogP contribution in [0.5, 0.6) is 0 Å². The van der Waals surface area contributed by atoms with Gasteiger partial charge in [0.2, 0.25) is 0 Å². The van der Waals surface area contributed by atoms with E-state index >= 15 is 0 Å². The standard InChI is InChI=1S/C20H30N2/c1-4-20(18-12-14-22(3)15-13-18)19(16-21-2)11-10-17-8-6-5-7-9-17/h5-9,16,18H,4,10-15H2,1-3H3/b20-19+,21-16?. The minimum absolute atomic E-state index is 0.755. The SMILES string of the molecule is CC/C(=C(\C=NC)CCc1ccccc1)C1CCN(C)CC1. The summed E-state index contributed by atoms with van der Waals surface area (Å²) < 4.78 is 0. The first-order valence-electron chi connectivity index (χ1n) is 8.61. The Bertz CT molecular complexity index is 494. The van der Waals surface area contributed by atoms with Crippen LogP contribution < -0.4 is 0 Å². The van der Waals surface area contributed by atoms with Gasteiger partial charge in [0, 0.05) is 13.3 Å². The minimum Gasteiger partial charge on any atom is -0.306 e. The molecule has 0 N–H and O–H groups in total. The molecule has 1 aromatic carbocycles. The normalized spacial score (nSPS) is 18.7. The number of aryl methyl sites for hydroxylation is 1. The van der Waals surface area contributed by atoms with Crippen LogP contribution in [0, 0.1) is 5.92 Å². The Morgan fingerprint density at radius 2 is 1.91 bits per heavy atom. The summed E-state index contributed by atoms with van der Waals surface area (Å²) in [4.78, 5) is 6.78. The van der Waals surface area contributed by atoms with Crippen LogP contribution >= 0.6 is 0 Å². The average Bonchev–Trinajstić information content (AvgIpc) is 2.56. The topological polar surface area (TPSA) is 15.6 Å². The minimum atomic E-state index is 0.755. The number of rotatable bonds is 6. The van der Waals surface area contributed by atoms with E-state index in [1.807, 2.05) is 7.05 Å². The number of nitrogens with zero attached hydrogens (tertiary/aromatic N) is 2. The molecule has 1 aliphatic rings. The average molecular weight is 298 g/mol. The van der Waals surface area contributed by atoms with Crippen molar-refractivity contribution in [2.75, 3.05) is 27.2 Å². The van der Waals surface area contributed by atoms with Crippen molar-refractivity contribution < 1.29 is 0 Å². The van der Waals surface area contributed by atoms with E-state index in [0.29, 0.717) is 0 Å². The summed E-state index contributed by atoms with van der Waals surface area (Å²) in [6, 6.07) is 10.8. The van der Waals surface area contributed by atoms with Crippen LogP contribution in [0.15, 0.2) is 46.5 Å². The van der Waals surface area contributed by atoms with Gasteiger partial charge in [0.05, 0.1) is 0 Å². The van der Waals surface area contributed by atoms with Gasteiger partial charge < -0.3 is 4.90 Å². The molecule has 0 aliphatic carbocycles. The largest absolute Gasteiger partial charge is 0.306 e. The molecule has 1 aliphatic heterocycles. The summed E-state index contributed by atoms with van der Waals surface area (Å²) in [5.41, 5.74) is 4.54. The van der Waals surface area contributed by atoms with E-state index in [9.17, 15) is 0 Å². The van der Waals surface area contributed by atoms with Gasteiger partial charge >= 0.3 is 0 Å². The van der Waals surface area contributed by atoms with Crippen molar-refractivity contribution in [3.05, 3.63) is 47.0 Å². The van der Waals surface area contributed by atoms with E-state index in [1.165, 1.54) is 37.1 Å². The molecule has 1 saturated heterocycles. The highest BCUT2D eigenvalue weighted by Gasteiger charge is 2.21. The number of aliphatic imine (C=N–C) groups is 1. The van der Waals surface area contributed by atoms with Crippen LogP contribution in [0.1, 0.15) is 38.2 Å². The molecule has 0 radical (unpaired) electrons. The van der Waals surface area contributed by atoms with Gasteiger partial charge in [-0.3, -0.25) is 4.99 Å². The van der Waals surface area contributed by atoms with Gasteiger partial charge in [-0.2, -0.15) is 0 Å². The van der Waals surface area contributed by atoms with Crippen molar-refractivity contribution in [1.29, 1.82) is 0 Å². The highest BCUT2D eigenvalue weighted by molar-refractivity contribution is 5.79. The summed E-state index contributed by atoms with van der Waals surface area (Å²) in [6.07, 6.45) is 8.08. The Kier molecular flexibility index (Phi) is 6.85. The Hall–Kier alpha value is -1.41. The van der Waals surface area contributed by atoms with E-state index in [1.54, 1.807) is 5.57 Å². The first-order valence-corrected chi connectivity index (χ1v) is 8.61. The summed E-state index contributed by atoms with van der Waals surface area (Å²) in [5, 5.41) is 0. The van der Waals surface area contributed by atoms with Crippen molar-refractivity contribution in [2.45, 2.75) is 39.0 Å². The second-order valence-electron chi connectivity index (χ2n) is 6.35. The molecular formula is C20H30N2. The molecule has 22 heavy (non-hydrogen) atoms. The van der Waals surface area contributed by atoms with E-state index < -0.39 is 0 Å². The number of allylic oxidation sites excluding steroid dienone is 2. The molecule has 0 aromatic heterocycles. The zero-order valence-corrected chi connectivity index (χ0v) is 14.4. The van der Waals surface area contributed by atoms with Crippen molar-refractivity contribution in [3.8, 4) is 0 Å². The van der Waals surface area contributed by atoms with E-state index in [2.05, 4.69) is 60.4 Å². The van der Waals surface area contributed by atoms with Crippen LogP contribution in [-0.4, -0.2) is 38.3 Å². The van der Waals surface area contributed by atoms with E-state index in [-0.39, 0.29) is 0 Å². The third-order valence-corrected chi connectivity index (χ3v) is 4.82. The van der Waals surface area contributed by atoms with E-state index in [0.717, 1.165) is 25.2 Å². The van der Waals surface area contributed by atoms with Gasteiger partial charge in [-0.1, -0.05) is 42.8 Å². The Morgan fingerprint density at radius 3 is 2.50 bits per heavy atom. The predicted molar refractivity (Wildman–Crippen MR) is 96.7 cm³/mol. The fourth-order valence-electron chi connectivity index (χ4n) is 3.52. The summed E-state index contributed by atoms with van der Waals surface area (Å²) in [5.74, 6) is 0.755. The van der Waals surface area contributed by atoms with Crippen molar-refractivity contribution in [2.24, 2.45) is 10.9 Å². The summed E-state index contributed by atoms with van der Waals surface area (Å²) >= 11 is 0. The first-order chi connectivity index (χ1) is 10.7. The number of hydrogen-bond acceptors (Lipinski definition) is 2. The maximum Gasteiger partial charge on any atom is 0.0277 e. The quantitative estimate of drug-likeness (QED) is 0.712. The third kappa shape index (κ3) is 4.81. The molecule has 2 nitrogen and oxygen atoms in total. The van der Waals surface area contributed by atoms with Crippen LogP contribution in [0.2, 0.25) is 0 Å². The highest BCUT2D eigenvalue weighted by atomic mass is 15.1. The second-order valence-corrected chi connectivity index (χ2v) is 6.35. The van der Waals surface area contributed by atoms with Crippen molar-refractivity contribution >= 4 is 6.21 Å². The molecule has 1 aromatic rings. The first kappa shape index (κ1) is 17.0. The number of hydrogen-bond donors (Lipinski definition) is 0. The van der Waals surface area contributed by atoms with E-state index in [4.69, 9.17) is 0 Å². The molecule has 0 spiro atoms. The van der Waals surface area contributed by atoms with Gasteiger partial charge in [0.15, 0.2) is 0 Å². The second kappa shape index (κ2) is 8.89. The van der Waals surface area contributed by atoms with Crippen LogP contribution in [-0.2, 0) is 6.42 Å². The number of benzene rings is 1. The van der Waals surface area contributed by atoms with Gasteiger partial charge in [-0.05, 0) is 69.3 Å². The lowest BCUT2D eigenvalue weighted by molar-refractivity contribution is 0.236. The fourth-order valence-corrected chi connectivity index (χ4v) is 3.52. The van der Waals surface area contributed by atoms with Gasteiger partial charge in [0.1, 0.15) is 0 Å². The zero-order chi connectivity index (χ0) is 15.8. The molecule has 0 unspecified atom stereocenters. The lowest BCUT2D eigenvalue weighted by Gasteiger charge is -2.31. The third-order valence-electron chi connectivity index (χ3n) is 4.82. The smallest absolute Gasteiger partial charge is 0.0277 e. The van der Waals surface area contributed by atoms with Gasteiger partial charge in [-0.25, -0.2) is 0 Å². The lowest BCUT2D eigenvalue weighted by atomic mass is 9.83. The van der Waals surface area contributed by atoms with Crippen molar-refractivity contribution in [1.82, 2.24) is 4.90 Å².